The average molecular weight is 886 g/mol. The zero-order valence-corrected chi connectivity index (χ0v) is 43.2. The van der Waals surface area contributed by atoms with Crippen LogP contribution in [0.1, 0.15) is 51.9 Å². The third kappa shape index (κ3) is 7.46. The summed E-state index contributed by atoms with van der Waals surface area (Å²) in [7, 11) is 39.8. The third-order valence-electron chi connectivity index (χ3n) is 10.5. The first kappa shape index (κ1) is 39.4. The molecule has 0 N–H and O–H groups in total. The second-order valence-corrected chi connectivity index (χ2v) is 64.1. The Balaban J connectivity index is 1.82. The van der Waals surface area contributed by atoms with E-state index in [1.54, 1.807) is 6.42 Å². The van der Waals surface area contributed by atoms with Crippen LogP contribution in [-0.2, 0) is 0 Å². The Labute approximate surface area is 272 Å². The maximum Gasteiger partial charge on any atom is 0.00780 e. The molecule has 38 heavy (non-hydrogen) atoms. The highest BCUT2D eigenvalue weighted by Crippen LogP contribution is 2.95. The minimum absolute atomic E-state index is 0.00248. The topological polar surface area (TPSA) is 0 Å². The van der Waals surface area contributed by atoms with Gasteiger partial charge in [-0.2, -0.15) is 0 Å². The second-order valence-electron chi connectivity index (χ2n) is 11.6. The SMILES string of the molecule is CC1CCC2(PP)C3CCC4(P(P)P)C(CCC4P(P)P(P)P)C3CC(P(P)PP)C2C1P(PP)P(P)P. The largest absolute Gasteiger partial charge is 0.114 e. The average Bonchev–Trinajstić information content (AvgIpc) is 3.29. The highest BCUT2D eigenvalue weighted by Gasteiger charge is 2.67. The lowest BCUT2D eigenvalue weighted by molar-refractivity contribution is 0.00645. The van der Waals surface area contributed by atoms with E-state index in [2.05, 4.69) is 105 Å². The van der Waals surface area contributed by atoms with Crippen molar-refractivity contribution in [2.24, 2.45) is 29.6 Å². The molecule has 0 aromatic heterocycles. The second kappa shape index (κ2) is 17.2. The van der Waals surface area contributed by atoms with Crippen LogP contribution in [0.15, 0.2) is 0 Å². The van der Waals surface area contributed by atoms with E-state index in [4.69, 9.17) is 0 Å². The zero-order chi connectivity index (χ0) is 28.2. The first-order valence-corrected chi connectivity index (χ1v) is 45.8. The van der Waals surface area contributed by atoms with Crippen molar-refractivity contribution in [3.63, 3.8) is 0 Å². The highest BCUT2D eigenvalue weighted by atomic mass is 32.9. The predicted octanol–water partition coefficient (Wildman–Crippen LogP) is 13.7. The van der Waals surface area contributed by atoms with Crippen LogP contribution < -0.4 is 0 Å². The molecule has 4 aliphatic carbocycles. The van der Waals surface area contributed by atoms with Crippen LogP contribution in [0.5, 0.6) is 0 Å². The summed E-state index contributed by atoms with van der Waals surface area (Å²) in [5.41, 5.74) is 2.88. The van der Waals surface area contributed by atoms with E-state index in [1.807, 2.05) is 0 Å². The van der Waals surface area contributed by atoms with E-state index in [1.165, 1.54) is 38.5 Å². The molecule has 0 spiro atoms. The van der Waals surface area contributed by atoms with Crippen molar-refractivity contribution in [2.45, 2.75) is 79.2 Å². The Morgan fingerprint density at radius 3 is 1.97 bits per heavy atom. The molecule has 0 bridgehead atoms. The lowest BCUT2D eigenvalue weighted by Crippen LogP contribution is -2.64. The van der Waals surface area contributed by atoms with Gasteiger partial charge >= 0.3 is 0 Å². The van der Waals surface area contributed by atoms with Crippen LogP contribution in [0.2, 0.25) is 0 Å². The van der Waals surface area contributed by atoms with Gasteiger partial charge in [0.1, 0.15) is 0 Å². The molecule has 0 radical (unpaired) electrons. The van der Waals surface area contributed by atoms with E-state index in [0.29, 0.717) is 10.3 Å². The first-order valence-electron chi connectivity index (χ1n) is 13.1. The summed E-state index contributed by atoms with van der Waals surface area (Å²) in [5.74, 6) is 4.80. The monoisotopic (exact) mass is 886 g/mol. The Hall–Kier alpha value is 8.60. The van der Waals surface area contributed by atoms with E-state index in [-0.39, 0.29) is 43.2 Å². The van der Waals surface area contributed by atoms with Crippen molar-refractivity contribution in [3.8, 4) is 0 Å². The number of fused-ring (bicyclic) bond motifs is 5. The summed E-state index contributed by atoms with van der Waals surface area (Å²) >= 11 is 0. The van der Waals surface area contributed by atoms with Crippen molar-refractivity contribution in [2.75, 3.05) is 0 Å². The van der Waals surface area contributed by atoms with Crippen molar-refractivity contribution >= 4 is 166 Å². The van der Waals surface area contributed by atoms with Gasteiger partial charge in [0.25, 0.3) is 0 Å². The quantitative estimate of drug-likeness (QED) is 0.202. The van der Waals surface area contributed by atoms with Gasteiger partial charge in [0.05, 0.1) is 0 Å². The van der Waals surface area contributed by atoms with Gasteiger partial charge in [-0.15, -0.1) is 98.2 Å². The summed E-state index contributed by atoms with van der Waals surface area (Å²) in [5, 5.41) is 1.18. The summed E-state index contributed by atoms with van der Waals surface area (Å²) in [6.07, 6.45) is 10.6. The van der Waals surface area contributed by atoms with E-state index in [0.717, 1.165) is 70.8 Å². The summed E-state index contributed by atoms with van der Waals surface area (Å²) in [4.78, 5) is 0. The molecule has 0 amide bonds. The van der Waals surface area contributed by atoms with E-state index < -0.39 is 0 Å². The van der Waals surface area contributed by atoms with Crippen molar-refractivity contribution in [1.82, 2.24) is 0 Å². The Morgan fingerprint density at radius 2 is 1.45 bits per heavy atom. The van der Waals surface area contributed by atoms with Gasteiger partial charge in [-0.25, -0.2) is 0 Å². The smallest absolute Gasteiger partial charge is 0.00780 e. The summed E-state index contributed by atoms with van der Waals surface area (Å²) in [6, 6.07) is 0. The van der Waals surface area contributed by atoms with Gasteiger partial charge in [-0.05, 0) is 118 Å². The van der Waals surface area contributed by atoms with Crippen LogP contribution in [0.25, 0.3) is 0 Å². The fourth-order valence-corrected chi connectivity index (χ4v) is 58.6. The molecule has 222 valence electrons. The van der Waals surface area contributed by atoms with Crippen LogP contribution in [0.4, 0.5) is 0 Å². The standard InChI is InChI=1S/C18H50P20/c1-9-4-6-17(30-19)11-5-7-18(36(24)25)12(2-3-14(18)34(23)37(26)27)10(11)8-13(33(22)31-20)15(17)16(9)35(32-21)38(28)29/h9-16,30-32H,2-8,19-29H2,1H3. The van der Waals surface area contributed by atoms with Crippen LogP contribution in [-0.4, -0.2) is 27.3 Å². The highest BCUT2D eigenvalue weighted by molar-refractivity contribution is 8.87. The van der Waals surface area contributed by atoms with Gasteiger partial charge in [0, 0.05) is 5.16 Å². The Kier molecular flexibility index (Phi) is 17.8. The number of hydrogen-bond acceptors (Lipinski definition) is 0. The van der Waals surface area contributed by atoms with E-state index in [9.17, 15) is 0 Å². The minimum Gasteiger partial charge on any atom is -0.114 e. The van der Waals surface area contributed by atoms with Crippen molar-refractivity contribution in [3.05, 3.63) is 0 Å². The summed E-state index contributed by atoms with van der Waals surface area (Å²) in [6.45, 7) is 2.66. The minimum atomic E-state index is -0.0981. The van der Waals surface area contributed by atoms with Gasteiger partial charge in [0.15, 0.2) is 0 Å². The van der Waals surface area contributed by atoms with E-state index >= 15 is 0 Å². The molecule has 0 aliphatic heterocycles. The Bertz CT molecular complexity index is 800. The van der Waals surface area contributed by atoms with Gasteiger partial charge in [-0.3, -0.25) is 0 Å². The molecular weight excluding hydrogens is 836 g/mol. The predicted molar refractivity (Wildman–Crippen MR) is 246 cm³/mol. The number of rotatable bonds is 9. The lowest BCUT2D eigenvalue weighted by atomic mass is 9.52. The van der Waals surface area contributed by atoms with Crippen molar-refractivity contribution < 1.29 is 0 Å². The molecule has 20 heteroatoms. The van der Waals surface area contributed by atoms with Gasteiger partial charge in [0.2, 0.25) is 0 Å². The molecule has 0 aromatic carbocycles. The zero-order valence-electron chi connectivity index (χ0n) is 22.1. The molecule has 0 aromatic rings. The Morgan fingerprint density at radius 1 is 0.763 bits per heavy atom. The van der Waals surface area contributed by atoms with Crippen LogP contribution >= 0.6 is 166 Å². The lowest BCUT2D eigenvalue weighted by Gasteiger charge is -2.68. The van der Waals surface area contributed by atoms with Crippen LogP contribution in [0, 0.1) is 29.6 Å². The molecule has 27 atom stereocenters. The molecule has 4 fully saturated rings. The fraction of sp³-hybridized carbons (Fsp3) is 1.00. The molecule has 0 saturated heterocycles. The first-order chi connectivity index (χ1) is 17.9. The van der Waals surface area contributed by atoms with Gasteiger partial charge in [-0.1, -0.05) is 53.0 Å². The maximum atomic E-state index is 3.48. The maximum absolute atomic E-state index is 3.48. The molecule has 0 heterocycles. The third-order valence-corrected chi connectivity index (χ3v) is 69.6. The molecular formula is C18H50P20. The normalized spacial score (nSPS) is 46.5. The summed E-state index contributed by atoms with van der Waals surface area (Å²) < 4.78 is 0. The fourth-order valence-electron chi connectivity index (χ4n) is 9.13. The molecule has 4 aliphatic rings. The van der Waals surface area contributed by atoms with Crippen molar-refractivity contribution in [1.29, 1.82) is 0 Å². The molecule has 27 unspecified atom stereocenters. The van der Waals surface area contributed by atoms with Crippen LogP contribution in [0.3, 0.4) is 0 Å². The molecule has 0 nitrogen and oxygen atoms in total. The number of hydrogen-bond donors (Lipinski definition) is 0. The molecule has 4 saturated carbocycles. The van der Waals surface area contributed by atoms with Gasteiger partial charge < -0.3 is 0 Å². The molecule has 4 rings (SSSR count).